The van der Waals surface area contributed by atoms with Crippen molar-refractivity contribution in [2.75, 3.05) is 7.11 Å². The van der Waals surface area contributed by atoms with Gasteiger partial charge in [-0.3, -0.25) is 0 Å². The van der Waals surface area contributed by atoms with Crippen molar-refractivity contribution in [1.82, 2.24) is 4.57 Å². The number of nitrogens with zero attached hydrogens (tertiary/aromatic N) is 1. The standard InChI is InChI=1S/C23H23NO3/c1-26-23(25)20-13-17(16-4-5-16)6-9-22(20)27-19-7-8-21-18(12-19)10-11-24(21)14-15-2-3-15/h6-13,15-16H,2-5,14H2,1H3. The van der Waals surface area contributed by atoms with Crippen LogP contribution in [-0.4, -0.2) is 17.6 Å². The average molecular weight is 361 g/mol. The number of carbonyl (C=O) groups is 1. The minimum atomic E-state index is -0.357. The lowest BCUT2D eigenvalue weighted by molar-refractivity contribution is 0.0598. The van der Waals surface area contributed by atoms with Gasteiger partial charge < -0.3 is 14.0 Å². The first-order valence-corrected chi connectivity index (χ1v) is 9.70. The van der Waals surface area contributed by atoms with Gasteiger partial charge in [-0.1, -0.05) is 6.07 Å². The summed E-state index contributed by atoms with van der Waals surface area (Å²) in [5, 5.41) is 1.15. The quantitative estimate of drug-likeness (QED) is 0.544. The summed E-state index contributed by atoms with van der Waals surface area (Å²) in [6.07, 6.45) is 7.21. The Kier molecular flexibility index (Phi) is 3.92. The molecule has 2 aliphatic carbocycles. The van der Waals surface area contributed by atoms with Crippen molar-refractivity contribution in [2.45, 2.75) is 38.1 Å². The van der Waals surface area contributed by atoms with Crippen LogP contribution in [0.5, 0.6) is 11.5 Å². The molecule has 2 aromatic carbocycles. The van der Waals surface area contributed by atoms with Gasteiger partial charge in [0.1, 0.15) is 17.1 Å². The fraction of sp³-hybridized carbons (Fsp3) is 0.348. The third-order valence-corrected chi connectivity index (χ3v) is 5.58. The first-order valence-electron chi connectivity index (χ1n) is 9.70. The highest BCUT2D eigenvalue weighted by Gasteiger charge is 2.26. The van der Waals surface area contributed by atoms with E-state index in [1.54, 1.807) is 0 Å². The SMILES string of the molecule is COC(=O)c1cc(C2CC2)ccc1Oc1ccc2c(ccn2CC2CC2)c1. The van der Waals surface area contributed by atoms with Crippen LogP contribution in [0.25, 0.3) is 10.9 Å². The summed E-state index contributed by atoms with van der Waals surface area (Å²) in [7, 11) is 1.41. The number of ether oxygens (including phenoxy) is 2. The molecule has 4 heteroatoms. The van der Waals surface area contributed by atoms with Crippen molar-refractivity contribution < 1.29 is 14.3 Å². The summed E-state index contributed by atoms with van der Waals surface area (Å²) in [6.45, 7) is 1.10. The van der Waals surface area contributed by atoms with Crippen molar-refractivity contribution in [2.24, 2.45) is 5.92 Å². The van der Waals surface area contributed by atoms with Gasteiger partial charge in [0.15, 0.2) is 0 Å². The maximum absolute atomic E-state index is 12.2. The van der Waals surface area contributed by atoms with Gasteiger partial charge in [0.25, 0.3) is 0 Å². The Labute approximate surface area is 158 Å². The molecule has 0 bridgehead atoms. The van der Waals surface area contributed by atoms with Gasteiger partial charge in [-0.05, 0) is 79.5 Å². The monoisotopic (exact) mass is 361 g/mol. The van der Waals surface area contributed by atoms with Crippen LogP contribution in [0.4, 0.5) is 0 Å². The molecular weight excluding hydrogens is 338 g/mol. The van der Waals surface area contributed by atoms with Crippen LogP contribution in [0.2, 0.25) is 0 Å². The second kappa shape index (κ2) is 6.45. The second-order valence-corrected chi connectivity index (χ2v) is 7.76. The van der Waals surface area contributed by atoms with Gasteiger partial charge in [0.2, 0.25) is 0 Å². The molecule has 2 aliphatic rings. The summed E-state index contributed by atoms with van der Waals surface area (Å²) in [6, 6.07) is 14.1. The van der Waals surface area contributed by atoms with Gasteiger partial charge in [-0.25, -0.2) is 4.79 Å². The topological polar surface area (TPSA) is 40.5 Å². The Balaban J connectivity index is 1.44. The number of esters is 1. The van der Waals surface area contributed by atoms with E-state index < -0.39 is 0 Å². The minimum Gasteiger partial charge on any atom is -0.465 e. The highest BCUT2D eigenvalue weighted by molar-refractivity contribution is 5.93. The van der Waals surface area contributed by atoms with Gasteiger partial charge in [-0.2, -0.15) is 0 Å². The number of hydrogen-bond donors (Lipinski definition) is 0. The normalized spacial score (nSPS) is 16.5. The van der Waals surface area contributed by atoms with Gasteiger partial charge in [-0.15, -0.1) is 0 Å². The molecule has 1 aromatic heterocycles. The molecular formula is C23H23NO3. The molecule has 0 amide bonds. The van der Waals surface area contributed by atoms with E-state index in [0.29, 0.717) is 17.2 Å². The molecule has 3 aromatic rings. The maximum Gasteiger partial charge on any atom is 0.341 e. The Morgan fingerprint density at radius 3 is 2.67 bits per heavy atom. The van der Waals surface area contributed by atoms with E-state index in [0.717, 1.165) is 23.6 Å². The Bertz CT molecular complexity index is 1010. The smallest absolute Gasteiger partial charge is 0.341 e. The first-order chi connectivity index (χ1) is 13.2. The van der Waals surface area contributed by atoms with Crippen LogP contribution >= 0.6 is 0 Å². The predicted octanol–water partition coefficient (Wildman–Crippen LogP) is 5.51. The summed E-state index contributed by atoms with van der Waals surface area (Å²) in [5.74, 6) is 2.33. The molecule has 0 atom stereocenters. The number of aromatic nitrogens is 1. The summed E-state index contributed by atoms with van der Waals surface area (Å²) in [5.41, 5.74) is 2.91. The average Bonchev–Trinajstić information content (AvgIpc) is 3.60. The summed E-state index contributed by atoms with van der Waals surface area (Å²) >= 11 is 0. The van der Waals surface area contributed by atoms with Crippen molar-refractivity contribution in [3.63, 3.8) is 0 Å². The molecule has 5 rings (SSSR count). The van der Waals surface area contributed by atoms with E-state index in [1.165, 1.54) is 43.9 Å². The van der Waals surface area contributed by atoms with Crippen LogP contribution < -0.4 is 4.74 Å². The van der Waals surface area contributed by atoms with Crippen LogP contribution in [0.15, 0.2) is 48.7 Å². The molecule has 0 aliphatic heterocycles. The molecule has 2 saturated carbocycles. The van der Waals surface area contributed by atoms with Crippen LogP contribution in [-0.2, 0) is 11.3 Å². The molecule has 138 valence electrons. The molecule has 2 fully saturated rings. The van der Waals surface area contributed by atoms with E-state index in [9.17, 15) is 4.79 Å². The lowest BCUT2D eigenvalue weighted by atomic mass is 10.1. The zero-order valence-corrected chi connectivity index (χ0v) is 15.5. The number of hydrogen-bond acceptors (Lipinski definition) is 3. The van der Waals surface area contributed by atoms with Crippen LogP contribution in [0.3, 0.4) is 0 Å². The zero-order valence-electron chi connectivity index (χ0n) is 15.5. The molecule has 27 heavy (non-hydrogen) atoms. The van der Waals surface area contributed by atoms with Crippen molar-refractivity contribution >= 4 is 16.9 Å². The number of fused-ring (bicyclic) bond motifs is 1. The van der Waals surface area contributed by atoms with Crippen molar-refractivity contribution in [3.05, 3.63) is 59.8 Å². The summed E-state index contributed by atoms with van der Waals surface area (Å²) in [4.78, 5) is 12.2. The Morgan fingerprint density at radius 2 is 1.93 bits per heavy atom. The number of methoxy groups -OCH3 is 1. The third kappa shape index (κ3) is 3.32. The van der Waals surface area contributed by atoms with E-state index in [4.69, 9.17) is 9.47 Å². The highest BCUT2D eigenvalue weighted by Crippen LogP contribution is 2.42. The number of rotatable bonds is 6. The second-order valence-electron chi connectivity index (χ2n) is 7.76. The van der Waals surface area contributed by atoms with Crippen molar-refractivity contribution in [3.8, 4) is 11.5 Å². The molecule has 0 radical (unpaired) electrons. The van der Waals surface area contributed by atoms with Crippen LogP contribution in [0, 0.1) is 5.92 Å². The molecule has 0 spiro atoms. The van der Waals surface area contributed by atoms with E-state index in [2.05, 4.69) is 29.0 Å². The van der Waals surface area contributed by atoms with Gasteiger partial charge in [0, 0.05) is 23.6 Å². The fourth-order valence-corrected chi connectivity index (χ4v) is 3.68. The third-order valence-electron chi connectivity index (χ3n) is 5.58. The van der Waals surface area contributed by atoms with Crippen LogP contribution in [0.1, 0.15) is 47.5 Å². The lowest BCUT2D eigenvalue weighted by Gasteiger charge is -2.12. The largest absolute Gasteiger partial charge is 0.465 e. The van der Waals surface area contributed by atoms with Gasteiger partial charge >= 0.3 is 5.97 Å². The first kappa shape index (κ1) is 16.4. The zero-order chi connectivity index (χ0) is 18.4. The Hall–Kier alpha value is -2.75. The maximum atomic E-state index is 12.2. The van der Waals surface area contributed by atoms with E-state index in [1.807, 2.05) is 24.3 Å². The Morgan fingerprint density at radius 1 is 1.07 bits per heavy atom. The van der Waals surface area contributed by atoms with E-state index >= 15 is 0 Å². The van der Waals surface area contributed by atoms with Gasteiger partial charge in [0.05, 0.1) is 7.11 Å². The highest BCUT2D eigenvalue weighted by atomic mass is 16.5. The molecule has 4 nitrogen and oxygen atoms in total. The number of benzene rings is 2. The fourth-order valence-electron chi connectivity index (χ4n) is 3.68. The molecule has 0 N–H and O–H groups in total. The molecule has 0 unspecified atom stereocenters. The predicted molar refractivity (Wildman–Crippen MR) is 104 cm³/mol. The minimum absolute atomic E-state index is 0.357. The lowest BCUT2D eigenvalue weighted by Crippen LogP contribution is -2.04. The van der Waals surface area contributed by atoms with E-state index in [-0.39, 0.29) is 5.97 Å². The van der Waals surface area contributed by atoms with Crippen molar-refractivity contribution in [1.29, 1.82) is 0 Å². The molecule has 0 saturated heterocycles. The number of carbonyl (C=O) groups excluding carboxylic acids is 1. The summed E-state index contributed by atoms with van der Waals surface area (Å²) < 4.78 is 13.4. The molecule has 1 heterocycles.